The van der Waals surface area contributed by atoms with E-state index in [-0.39, 0.29) is 12.5 Å². The van der Waals surface area contributed by atoms with Crippen molar-refractivity contribution in [3.63, 3.8) is 0 Å². The average molecular weight is 327 g/mol. The van der Waals surface area contributed by atoms with Crippen LogP contribution >= 0.6 is 0 Å². The molecule has 0 heterocycles. The lowest BCUT2D eigenvalue weighted by Crippen LogP contribution is -2.32. The van der Waals surface area contributed by atoms with Crippen molar-refractivity contribution in [3.8, 4) is 5.75 Å². The van der Waals surface area contributed by atoms with Gasteiger partial charge in [-0.3, -0.25) is 4.79 Å². The first-order valence-corrected chi connectivity index (χ1v) is 7.89. The Hall–Kier alpha value is -2.82. The number of esters is 1. The van der Waals surface area contributed by atoms with Crippen LogP contribution < -0.4 is 10.1 Å². The number of rotatable bonds is 8. The van der Waals surface area contributed by atoms with Crippen molar-refractivity contribution in [1.29, 1.82) is 0 Å². The number of carbonyl (C=O) groups is 2. The Labute approximate surface area is 141 Å². The highest BCUT2D eigenvalue weighted by atomic mass is 16.5. The van der Waals surface area contributed by atoms with Gasteiger partial charge in [0.1, 0.15) is 12.4 Å². The van der Waals surface area contributed by atoms with E-state index in [1.807, 2.05) is 49.4 Å². The van der Waals surface area contributed by atoms with Gasteiger partial charge in [0.25, 0.3) is 5.91 Å². The lowest BCUT2D eigenvalue weighted by Gasteiger charge is -2.08. The second kappa shape index (κ2) is 9.35. The van der Waals surface area contributed by atoms with Crippen LogP contribution in [0.1, 0.15) is 22.8 Å². The molecule has 126 valence electrons. The molecule has 1 amide bonds. The molecule has 0 aliphatic carbocycles. The summed E-state index contributed by atoms with van der Waals surface area (Å²) >= 11 is 0. The number of para-hydroxylation sites is 1. The zero-order valence-corrected chi connectivity index (χ0v) is 13.7. The van der Waals surface area contributed by atoms with Gasteiger partial charge in [0, 0.05) is 0 Å². The van der Waals surface area contributed by atoms with Gasteiger partial charge in [0.2, 0.25) is 0 Å². The summed E-state index contributed by atoms with van der Waals surface area (Å²) in [4.78, 5) is 23.5. The van der Waals surface area contributed by atoms with E-state index in [1.165, 1.54) is 0 Å². The van der Waals surface area contributed by atoms with Crippen molar-refractivity contribution in [1.82, 2.24) is 5.32 Å². The zero-order chi connectivity index (χ0) is 17.2. The van der Waals surface area contributed by atoms with Gasteiger partial charge in [-0.1, -0.05) is 37.3 Å². The van der Waals surface area contributed by atoms with E-state index < -0.39 is 5.97 Å². The van der Waals surface area contributed by atoms with Gasteiger partial charge >= 0.3 is 5.97 Å². The number of nitrogens with one attached hydrogen (secondary N) is 1. The molecule has 0 spiro atoms. The minimum absolute atomic E-state index is 0.306. The highest BCUT2D eigenvalue weighted by Gasteiger charge is 2.09. The summed E-state index contributed by atoms with van der Waals surface area (Å²) in [6.07, 6.45) is 0.906. The van der Waals surface area contributed by atoms with Gasteiger partial charge in [-0.2, -0.15) is 0 Å². The summed E-state index contributed by atoms with van der Waals surface area (Å²) in [5.41, 5.74) is 1.58. The van der Waals surface area contributed by atoms with Gasteiger partial charge < -0.3 is 14.8 Å². The molecule has 24 heavy (non-hydrogen) atoms. The topological polar surface area (TPSA) is 64.6 Å². The van der Waals surface area contributed by atoms with E-state index in [0.717, 1.165) is 17.7 Å². The number of ether oxygens (including phenoxy) is 2. The Bertz CT molecular complexity index is 653. The number of hydrogen-bond donors (Lipinski definition) is 1. The molecular formula is C19H21NO4. The molecule has 0 aromatic heterocycles. The predicted molar refractivity (Wildman–Crippen MR) is 91.0 cm³/mol. The molecule has 5 nitrogen and oxygen atoms in total. The third kappa shape index (κ3) is 5.76. The third-order valence-electron chi connectivity index (χ3n) is 3.37. The largest absolute Gasteiger partial charge is 0.492 e. The molecule has 0 aliphatic rings. The summed E-state index contributed by atoms with van der Waals surface area (Å²) in [5, 5.41) is 2.64. The fourth-order valence-electron chi connectivity index (χ4n) is 2.02. The fraction of sp³-hybridized carbons (Fsp3) is 0.263. The summed E-state index contributed by atoms with van der Waals surface area (Å²) in [6.45, 7) is 2.43. The van der Waals surface area contributed by atoms with E-state index in [1.54, 1.807) is 12.1 Å². The SMILES string of the molecule is CCc1ccc(C(=O)OCC(=O)NCCOc2ccccc2)cc1. The summed E-state index contributed by atoms with van der Waals surface area (Å²) in [5.74, 6) is -0.118. The smallest absolute Gasteiger partial charge is 0.338 e. The molecule has 2 aromatic carbocycles. The Morgan fingerprint density at radius 3 is 2.38 bits per heavy atom. The molecule has 0 saturated heterocycles. The second-order valence-electron chi connectivity index (χ2n) is 5.14. The van der Waals surface area contributed by atoms with E-state index in [2.05, 4.69) is 5.32 Å². The van der Waals surface area contributed by atoms with Crippen LogP contribution in [0.5, 0.6) is 5.75 Å². The maximum atomic E-state index is 11.8. The monoisotopic (exact) mass is 327 g/mol. The number of aryl methyl sites for hydroxylation is 1. The van der Waals surface area contributed by atoms with Gasteiger partial charge in [0.05, 0.1) is 12.1 Å². The second-order valence-corrected chi connectivity index (χ2v) is 5.14. The molecule has 0 saturated carbocycles. The first-order valence-electron chi connectivity index (χ1n) is 7.89. The van der Waals surface area contributed by atoms with E-state index >= 15 is 0 Å². The zero-order valence-electron chi connectivity index (χ0n) is 13.7. The van der Waals surface area contributed by atoms with E-state index in [0.29, 0.717) is 18.7 Å². The number of benzene rings is 2. The van der Waals surface area contributed by atoms with E-state index in [4.69, 9.17) is 9.47 Å². The Balaban J connectivity index is 1.64. The number of amides is 1. The molecule has 2 aromatic rings. The normalized spacial score (nSPS) is 10.0. The Kier molecular flexibility index (Phi) is 6.83. The molecule has 5 heteroatoms. The minimum atomic E-state index is -0.506. The molecular weight excluding hydrogens is 306 g/mol. The highest BCUT2D eigenvalue weighted by Crippen LogP contribution is 2.07. The van der Waals surface area contributed by atoms with E-state index in [9.17, 15) is 9.59 Å². The standard InChI is InChI=1S/C19H21NO4/c1-2-15-8-10-16(11-9-15)19(22)24-14-18(21)20-12-13-23-17-6-4-3-5-7-17/h3-11H,2,12-14H2,1H3,(H,20,21). The average Bonchev–Trinajstić information content (AvgIpc) is 2.64. The maximum absolute atomic E-state index is 11.8. The van der Waals surface area contributed by atoms with Gasteiger partial charge in [0.15, 0.2) is 6.61 Å². The van der Waals surface area contributed by atoms with Crippen molar-refractivity contribution in [3.05, 3.63) is 65.7 Å². The first-order chi connectivity index (χ1) is 11.7. The van der Waals surface area contributed by atoms with Crippen molar-refractivity contribution in [2.75, 3.05) is 19.8 Å². The maximum Gasteiger partial charge on any atom is 0.338 e. The quantitative estimate of drug-likeness (QED) is 0.598. The van der Waals surface area contributed by atoms with Crippen LogP contribution in [0.15, 0.2) is 54.6 Å². The van der Waals surface area contributed by atoms with Crippen LogP contribution in [0.2, 0.25) is 0 Å². The molecule has 0 atom stereocenters. The van der Waals surface area contributed by atoms with Gasteiger partial charge in [-0.15, -0.1) is 0 Å². The molecule has 0 radical (unpaired) electrons. The van der Waals surface area contributed by atoms with Gasteiger partial charge in [-0.25, -0.2) is 4.79 Å². The van der Waals surface area contributed by atoms with Crippen LogP contribution in [-0.4, -0.2) is 31.6 Å². The van der Waals surface area contributed by atoms with Crippen LogP contribution in [0.25, 0.3) is 0 Å². The summed E-state index contributed by atoms with van der Waals surface area (Å²) < 4.78 is 10.4. The van der Waals surface area contributed by atoms with Crippen LogP contribution in [0.3, 0.4) is 0 Å². The molecule has 2 rings (SSSR count). The van der Waals surface area contributed by atoms with Crippen LogP contribution in [0, 0.1) is 0 Å². The van der Waals surface area contributed by atoms with Crippen LogP contribution in [-0.2, 0) is 16.0 Å². The Morgan fingerprint density at radius 1 is 1.00 bits per heavy atom. The van der Waals surface area contributed by atoms with Crippen molar-refractivity contribution >= 4 is 11.9 Å². The third-order valence-corrected chi connectivity index (χ3v) is 3.37. The lowest BCUT2D eigenvalue weighted by atomic mass is 10.1. The molecule has 0 unspecified atom stereocenters. The van der Waals surface area contributed by atoms with Gasteiger partial charge in [-0.05, 0) is 36.2 Å². The minimum Gasteiger partial charge on any atom is -0.492 e. The fourth-order valence-corrected chi connectivity index (χ4v) is 2.02. The lowest BCUT2D eigenvalue weighted by molar-refractivity contribution is -0.124. The number of carbonyl (C=O) groups excluding carboxylic acids is 2. The summed E-state index contributed by atoms with van der Waals surface area (Å²) in [6, 6.07) is 16.5. The van der Waals surface area contributed by atoms with Crippen molar-refractivity contribution < 1.29 is 19.1 Å². The summed E-state index contributed by atoms with van der Waals surface area (Å²) in [7, 11) is 0. The highest BCUT2D eigenvalue weighted by molar-refractivity contribution is 5.91. The predicted octanol–water partition coefficient (Wildman–Crippen LogP) is 2.60. The molecule has 0 aliphatic heterocycles. The Morgan fingerprint density at radius 2 is 1.71 bits per heavy atom. The number of hydrogen-bond acceptors (Lipinski definition) is 4. The van der Waals surface area contributed by atoms with Crippen molar-refractivity contribution in [2.24, 2.45) is 0 Å². The molecule has 1 N–H and O–H groups in total. The van der Waals surface area contributed by atoms with Crippen molar-refractivity contribution in [2.45, 2.75) is 13.3 Å². The molecule has 0 bridgehead atoms. The van der Waals surface area contributed by atoms with Crippen LogP contribution in [0.4, 0.5) is 0 Å². The first kappa shape index (κ1) is 17.5. The molecule has 0 fully saturated rings.